The van der Waals surface area contributed by atoms with Crippen molar-refractivity contribution in [1.29, 1.82) is 0 Å². The third-order valence-electron chi connectivity index (χ3n) is 2.46. The molecule has 0 aliphatic carbocycles. The lowest BCUT2D eigenvalue weighted by atomic mass is 10.3. The standard InChI is InChI=1S/C14H20FNO4/c1-11(20-13-5-3-4-12(15)10-13)14(17)16-6-7-19-9-8-18-2/h3-5,10-11H,6-9H2,1-2H3,(H,16,17). The summed E-state index contributed by atoms with van der Waals surface area (Å²) in [7, 11) is 1.59. The van der Waals surface area contributed by atoms with E-state index in [9.17, 15) is 9.18 Å². The molecule has 0 spiro atoms. The predicted octanol–water partition coefficient (Wildman–Crippen LogP) is 1.37. The molecule has 1 atom stereocenters. The molecule has 0 aromatic heterocycles. The second kappa shape index (κ2) is 9.28. The number of halogens is 1. The minimum Gasteiger partial charge on any atom is -0.481 e. The van der Waals surface area contributed by atoms with Crippen LogP contribution in [0.4, 0.5) is 4.39 Å². The molecular weight excluding hydrogens is 265 g/mol. The van der Waals surface area contributed by atoms with E-state index in [0.29, 0.717) is 32.1 Å². The van der Waals surface area contributed by atoms with Gasteiger partial charge in [0.15, 0.2) is 6.10 Å². The fourth-order valence-corrected chi connectivity index (χ4v) is 1.43. The number of methoxy groups -OCH3 is 1. The number of hydrogen-bond donors (Lipinski definition) is 1. The second-order valence-corrected chi connectivity index (χ2v) is 4.11. The van der Waals surface area contributed by atoms with Crippen molar-refractivity contribution in [1.82, 2.24) is 5.32 Å². The molecule has 0 fully saturated rings. The van der Waals surface area contributed by atoms with E-state index in [2.05, 4.69) is 5.32 Å². The maximum Gasteiger partial charge on any atom is 0.260 e. The number of nitrogens with one attached hydrogen (secondary N) is 1. The van der Waals surface area contributed by atoms with E-state index in [0.717, 1.165) is 0 Å². The summed E-state index contributed by atoms with van der Waals surface area (Å²) in [6, 6.07) is 5.67. The molecule has 0 heterocycles. The van der Waals surface area contributed by atoms with Gasteiger partial charge in [-0.1, -0.05) is 6.07 Å². The first-order valence-corrected chi connectivity index (χ1v) is 6.40. The lowest BCUT2D eigenvalue weighted by molar-refractivity contribution is -0.127. The Morgan fingerprint density at radius 3 is 2.85 bits per heavy atom. The molecule has 1 aromatic carbocycles. The lowest BCUT2D eigenvalue weighted by Crippen LogP contribution is -2.38. The summed E-state index contributed by atoms with van der Waals surface area (Å²) >= 11 is 0. The topological polar surface area (TPSA) is 56.8 Å². The van der Waals surface area contributed by atoms with Crippen LogP contribution in [0.25, 0.3) is 0 Å². The number of amides is 1. The van der Waals surface area contributed by atoms with Crippen LogP contribution in [0, 0.1) is 5.82 Å². The molecular formula is C14H20FNO4. The molecule has 0 bridgehead atoms. The van der Waals surface area contributed by atoms with Crippen LogP contribution in [-0.2, 0) is 14.3 Å². The van der Waals surface area contributed by atoms with Crippen molar-refractivity contribution in [3.63, 3.8) is 0 Å². The van der Waals surface area contributed by atoms with E-state index in [4.69, 9.17) is 14.2 Å². The van der Waals surface area contributed by atoms with Crippen LogP contribution in [-0.4, -0.2) is 45.5 Å². The van der Waals surface area contributed by atoms with Gasteiger partial charge in [-0.05, 0) is 19.1 Å². The van der Waals surface area contributed by atoms with Gasteiger partial charge in [0.1, 0.15) is 11.6 Å². The Balaban J connectivity index is 2.22. The molecule has 0 radical (unpaired) electrons. The molecule has 1 N–H and O–H groups in total. The highest BCUT2D eigenvalue weighted by atomic mass is 19.1. The highest BCUT2D eigenvalue weighted by Gasteiger charge is 2.14. The highest BCUT2D eigenvalue weighted by molar-refractivity contribution is 5.80. The number of carbonyl (C=O) groups is 1. The highest BCUT2D eigenvalue weighted by Crippen LogP contribution is 2.13. The Kier molecular flexibility index (Phi) is 7.60. The zero-order chi connectivity index (χ0) is 14.8. The van der Waals surface area contributed by atoms with Gasteiger partial charge in [-0.15, -0.1) is 0 Å². The molecule has 1 unspecified atom stereocenters. The maximum atomic E-state index is 13.0. The van der Waals surface area contributed by atoms with E-state index >= 15 is 0 Å². The third kappa shape index (κ3) is 6.49. The normalized spacial score (nSPS) is 11.9. The summed E-state index contributed by atoms with van der Waals surface area (Å²) in [6.07, 6.45) is -0.698. The molecule has 1 amide bonds. The average molecular weight is 285 g/mol. The van der Waals surface area contributed by atoms with Gasteiger partial charge < -0.3 is 19.5 Å². The Morgan fingerprint density at radius 1 is 1.35 bits per heavy atom. The number of carbonyl (C=O) groups excluding carboxylic acids is 1. The quantitative estimate of drug-likeness (QED) is 0.696. The first kappa shape index (κ1) is 16.4. The number of hydrogen-bond acceptors (Lipinski definition) is 4. The average Bonchev–Trinajstić information content (AvgIpc) is 2.42. The number of ether oxygens (including phenoxy) is 3. The van der Waals surface area contributed by atoms with Crippen LogP contribution in [0.1, 0.15) is 6.92 Å². The Morgan fingerprint density at radius 2 is 2.15 bits per heavy atom. The van der Waals surface area contributed by atoms with Crippen molar-refractivity contribution in [2.75, 3.05) is 33.5 Å². The summed E-state index contributed by atoms with van der Waals surface area (Å²) in [6.45, 7) is 3.40. The van der Waals surface area contributed by atoms with Crippen molar-refractivity contribution >= 4 is 5.91 Å². The SMILES string of the molecule is COCCOCCNC(=O)C(C)Oc1cccc(F)c1. The summed E-state index contributed by atoms with van der Waals surface area (Å²) in [5.41, 5.74) is 0. The minimum atomic E-state index is -0.698. The molecule has 5 nitrogen and oxygen atoms in total. The Hall–Kier alpha value is -1.66. The van der Waals surface area contributed by atoms with Gasteiger partial charge in [0.2, 0.25) is 0 Å². The monoisotopic (exact) mass is 285 g/mol. The van der Waals surface area contributed by atoms with Crippen molar-refractivity contribution in [2.45, 2.75) is 13.0 Å². The van der Waals surface area contributed by atoms with Gasteiger partial charge in [0, 0.05) is 19.7 Å². The van der Waals surface area contributed by atoms with Gasteiger partial charge >= 0.3 is 0 Å². The van der Waals surface area contributed by atoms with Crippen molar-refractivity contribution in [2.24, 2.45) is 0 Å². The van der Waals surface area contributed by atoms with E-state index in [1.165, 1.54) is 18.2 Å². The van der Waals surface area contributed by atoms with Crippen molar-refractivity contribution in [3.05, 3.63) is 30.1 Å². The Labute approximate surface area is 118 Å². The molecule has 0 saturated heterocycles. The van der Waals surface area contributed by atoms with E-state index in [1.807, 2.05) is 0 Å². The Bertz CT molecular complexity index is 414. The first-order valence-electron chi connectivity index (χ1n) is 6.40. The van der Waals surface area contributed by atoms with Gasteiger partial charge in [-0.3, -0.25) is 4.79 Å². The van der Waals surface area contributed by atoms with Gasteiger partial charge in [0.05, 0.1) is 19.8 Å². The number of rotatable bonds is 9. The fraction of sp³-hybridized carbons (Fsp3) is 0.500. The van der Waals surface area contributed by atoms with Gasteiger partial charge in [-0.2, -0.15) is 0 Å². The van der Waals surface area contributed by atoms with E-state index in [1.54, 1.807) is 20.1 Å². The molecule has 0 saturated carbocycles. The molecule has 6 heteroatoms. The van der Waals surface area contributed by atoms with Crippen molar-refractivity contribution in [3.8, 4) is 5.75 Å². The number of benzene rings is 1. The van der Waals surface area contributed by atoms with E-state index < -0.39 is 11.9 Å². The van der Waals surface area contributed by atoms with Gasteiger partial charge in [-0.25, -0.2) is 4.39 Å². The molecule has 20 heavy (non-hydrogen) atoms. The van der Waals surface area contributed by atoms with E-state index in [-0.39, 0.29) is 5.91 Å². The predicted molar refractivity (Wildman–Crippen MR) is 72.2 cm³/mol. The fourth-order valence-electron chi connectivity index (χ4n) is 1.43. The largest absolute Gasteiger partial charge is 0.481 e. The summed E-state index contributed by atoms with van der Waals surface area (Å²) in [5, 5.41) is 2.67. The third-order valence-corrected chi connectivity index (χ3v) is 2.46. The molecule has 0 aliphatic heterocycles. The molecule has 1 rings (SSSR count). The second-order valence-electron chi connectivity index (χ2n) is 4.11. The molecule has 1 aromatic rings. The molecule has 0 aliphatic rings. The zero-order valence-corrected chi connectivity index (χ0v) is 11.7. The van der Waals surface area contributed by atoms with Crippen molar-refractivity contribution < 1.29 is 23.4 Å². The summed E-state index contributed by atoms with van der Waals surface area (Å²) < 4.78 is 28.3. The minimum absolute atomic E-state index is 0.274. The van der Waals surface area contributed by atoms with Crippen LogP contribution >= 0.6 is 0 Å². The van der Waals surface area contributed by atoms with Crippen LogP contribution in [0.15, 0.2) is 24.3 Å². The summed E-state index contributed by atoms with van der Waals surface area (Å²) in [5.74, 6) is -0.352. The molecule has 112 valence electrons. The maximum absolute atomic E-state index is 13.0. The van der Waals surface area contributed by atoms with Gasteiger partial charge in [0.25, 0.3) is 5.91 Å². The smallest absolute Gasteiger partial charge is 0.260 e. The summed E-state index contributed by atoms with van der Waals surface area (Å²) in [4.78, 5) is 11.7. The van der Waals surface area contributed by atoms with Crippen LogP contribution in [0.2, 0.25) is 0 Å². The van der Waals surface area contributed by atoms with Crippen LogP contribution in [0.3, 0.4) is 0 Å². The zero-order valence-electron chi connectivity index (χ0n) is 11.7. The first-order chi connectivity index (χ1) is 9.63. The van der Waals surface area contributed by atoms with Crippen LogP contribution < -0.4 is 10.1 Å². The lowest BCUT2D eigenvalue weighted by Gasteiger charge is -2.14. The van der Waals surface area contributed by atoms with Crippen LogP contribution in [0.5, 0.6) is 5.75 Å².